The van der Waals surface area contributed by atoms with E-state index in [9.17, 15) is 14.7 Å². The quantitative estimate of drug-likeness (QED) is 0.718. The number of thiol groups is 2. The summed E-state index contributed by atoms with van der Waals surface area (Å²) in [5.41, 5.74) is 4.90. The Morgan fingerprint density at radius 1 is 1.08 bits per heavy atom. The normalized spacial score (nSPS) is 19.8. The summed E-state index contributed by atoms with van der Waals surface area (Å²) in [6, 6.07) is 3.57. The Bertz CT molecular complexity index is 658. The highest BCUT2D eigenvalue weighted by atomic mass is 32.1. The van der Waals surface area contributed by atoms with Crippen LogP contribution in [0.1, 0.15) is 35.1 Å². The van der Waals surface area contributed by atoms with Gasteiger partial charge in [0.1, 0.15) is 6.04 Å². The first-order chi connectivity index (χ1) is 11.5. The molecule has 1 aliphatic carbocycles. The molecule has 1 N–H and O–H groups in total. The molecular weight excluding hydrogens is 342 g/mol. The molecule has 1 unspecified atom stereocenters. The summed E-state index contributed by atoms with van der Waals surface area (Å²) in [6.07, 6.45) is 4.94. The molecule has 0 bridgehead atoms. The molecule has 0 aromatic heterocycles. The number of carboxylic acid groups (broad SMARTS) is 1. The Balaban J connectivity index is 1.94. The van der Waals surface area contributed by atoms with Gasteiger partial charge in [0.2, 0.25) is 5.91 Å². The minimum atomic E-state index is -0.941. The van der Waals surface area contributed by atoms with Gasteiger partial charge in [-0.3, -0.25) is 4.79 Å². The number of carbonyl (C=O) groups is 2. The molecule has 4 nitrogen and oxygen atoms in total. The summed E-state index contributed by atoms with van der Waals surface area (Å²) in [5, 5.41) is 9.62. The van der Waals surface area contributed by atoms with E-state index in [0.29, 0.717) is 24.5 Å². The molecule has 2 aliphatic rings. The number of hydrogen-bond donors (Lipinski definition) is 3. The summed E-state index contributed by atoms with van der Waals surface area (Å²) < 4.78 is 0. The minimum absolute atomic E-state index is 0.157. The van der Waals surface area contributed by atoms with Crippen molar-refractivity contribution in [3.05, 3.63) is 34.4 Å². The van der Waals surface area contributed by atoms with E-state index in [1.807, 2.05) is 0 Å². The van der Waals surface area contributed by atoms with E-state index in [-0.39, 0.29) is 11.8 Å². The van der Waals surface area contributed by atoms with Crippen LogP contribution in [0.15, 0.2) is 12.1 Å². The molecule has 24 heavy (non-hydrogen) atoms. The molecule has 1 aliphatic heterocycles. The lowest BCUT2D eigenvalue weighted by molar-refractivity contribution is -0.152. The Morgan fingerprint density at radius 3 is 2.21 bits per heavy atom. The number of nitrogens with zero attached hydrogens (tertiary/aromatic N) is 1. The maximum Gasteiger partial charge on any atom is 0.326 e. The van der Waals surface area contributed by atoms with E-state index in [0.717, 1.165) is 24.0 Å². The number of aliphatic carboxylic acids is 1. The van der Waals surface area contributed by atoms with Crippen molar-refractivity contribution in [1.29, 1.82) is 0 Å². The van der Waals surface area contributed by atoms with Crippen LogP contribution in [0.2, 0.25) is 0 Å². The van der Waals surface area contributed by atoms with Gasteiger partial charge in [-0.15, -0.1) is 0 Å². The van der Waals surface area contributed by atoms with Crippen LogP contribution in [0.5, 0.6) is 0 Å². The van der Waals surface area contributed by atoms with Crippen molar-refractivity contribution in [1.82, 2.24) is 4.90 Å². The van der Waals surface area contributed by atoms with Crippen molar-refractivity contribution in [2.75, 3.05) is 11.5 Å². The van der Waals surface area contributed by atoms with Gasteiger partial charge in [-0.1, -0.05) is 12.1 Å². The van der Waals surface area contributed by atoms with Gasteiger partial charge in [-0.25, -0.2) is 4.79 Å². The first-order valence-corrected chi connectivity index (χ1v) is 9.70. The van der Waals surface area contributed by atoms with Gasteiger partial charge >= 0.3 is 5.97 Å². The molecule has 0 radical (unpaired) electrons. The van der Waals surface area contributed by atoms with Gasteiger partial charge < -0.3 is 10.0 Å². The van der Waals surface area contributed by atoms with E-state index in [1.165, 1.54) is 28.9 Å². The molecule has 0 saturated carbocycles. The second-order valence-corrected chi connectivity index (χ2v) is 7.41. The maximum absolute atomic E-state index is 12.7. The van der Waals surface area contributed by atoms with Crippen LogP contribution in [0.3, 0.4) is 0 Å². The number of carbonyl (C=O) groups excluding carboxylic acids is 1. The van der Waals surface area contributed by atoms with Crippen LogP contribution in [0, 0.1) is 5.92 Å². The van der Waals surface area contributed by atoms with E-state index in [2.05, 4.69) is 37.4 Å². The Labute approximate surface area is 153 Å². The highest BCUT2D eigenvalue weighted by Gasteiger charge is 2.37. The highest BCUT2D eigenvalue weighted by molar-refractivity contribution is 7.81. The highest BCUT2D eigenvalue weighted by Crippen LogP contribution is 2.31. The molecule has 1 aromatic carbocycles. The molecule has 130 valence electrons. The zero-order valence-electron chi connectivity index (χ0n) is 13.6. The van der Waals surface area contributed by atoms with Gasteiger partial charge in [-0.2, -0.15) is 25.3 Å². The average molecular weight is 366 g/mol. The second-order valence-electron chi connectivity index (χ2n) is 6.68. The largest absolute Gasteiger partial charge is 0.480 e. The van der Waals surface area contributed by atoms with Crippen LogP contribution >= 0.6 is 25.3 Å². The summed E-state index contributed by atoms with van der Waals surface area (Å²) >= 11 is 8.43. The summed E-state index contributed by atoms with van der Waals surface area (Å²) in [6.45, 7) is 0.371. The Kier molecular flexibility index (Phi) is 5.45. The predicted molar refractivity (Wildman–Crippen MR) is 100.0 cm³/mol. The third-order valence-electron chi connectivity index (χ3n) is 5.15. The number of fused-ring (bicyclic) bond motifs is 2. The van der Waals surface area contributed by atoms with Crippen LogP contribution in [-0.2, 0) is 35.4 Å². The minimum Gasteiger partial charge on any atom is -0.480 e. The number of hydrogen-bond acceptors (Lipinski definition) is 4. The molecule has 6 heteroatoms. The number of rotatable bonds is 4. The van der Waals surface area contributed by atoms with E-state index in [4.69, 9.17) is 0 Å². The Morgan fingerprint density at radius 2 is 1.67 bits per heavy atom. The van der Waals surface area contributed by atoms with Crippen molar-refractivity contribution < 1.29 is 14.7 Å². The lowest BCUT2D eigenvalue weighted by atomic mass is 9.84. The molecule has 0 spiro atoms. The lowest BCUT2D eigenvalue weighted by Gasteiger charge is -2.37. The zero-order chi connectivity index (χ0) is 17.3. The standard InChI is InChI=1S/C18H23NO3S2/c20-17(15(9-23)10-24)19-8-14-6-12-4-2-1-3-11(12)5-13(14)7-16(19)18(21)22/h5-6,15-16,23-24H,1-4,7-10H2,(H,21,22). The summed E-state index contributed by atoms with van der Waals surface area (Å²) in [7, 11) is 0. The second kappa shape index (κ2) is 7.40. The lowest BCUT2D eigenvalue weighted by Crippen LogP contribution is -2.51. The molecule has 0 fully saturated rings. The van der Waals surface area contributed by atoms with Crippen molar-refractivity contribution in [2.45, 2.75) is 44.7 Å². The topological polar surface area (TPSA) is 57.6 Å². The first-order valence-electron chi connectivity index (χ1n) is 8.43. The number of benzene rings is 1. The van der Waals surface area contributed by atoms with Crippen molar-refractivity contribution in [3.63, 3.8) is 0 Å². The predicted octanol–water partition coefficient (Wildman–Crippen LogP) is 2.38. The SMILES string of the molecule is O=C(O)C1Cc2cc3c(cc2CN1C(=O)C(CS)CS)CCCC3. The monoisotopic (exact) mass is 365 g/mol. The van der Waals surface area contributed by atoms with E-state index >= 15 is 0 Å². The van der Waals surface area contributed by atoms with Gasteiger partial charge in [0.05, 0.1) is 5.92 Å². The third-order valence-corrected chi connectivity index (χ3v) is 6.03. The van der Waals surface area contributed by atoms with Crippen molar-refractivity contribution in [3.8, 4) is 0 Å². The third kappa shape index (κ3) is 3.31. The Hall–Kier alpha value is -1.14. The number of carboxylic acids is 1. The van der Waals surface area contributed by atoms with Gasteiger partial charge in [0, 0.05) is 24.5 Å². The fourth-order valence-corrected chi connectivity index (χ4v) is 4.51. The van der Waals surface area contributed by atoms with Gasteiger partial charge in [-0.05, 0) is 47.9 Å². The average Bonchev–Trinajstić information content (AvgIpc) is 2.59. The molecule has 3 rings (SSSR count). The fraction of sp³-hybridized carbons (Fsp3) is 0.556. The fourth-order valence-electron chi connectivity index (χ4n) is 3.74. The van der Waals surface area contributed by atoms with E-state index in [1.54, 1.807) is 0 Å². The number of aryl methyl sites for hydroxylation is 2. The summed E-state index contributed by atoms with van der Waals surface area (Å²) in [5.74, 6) is -0.693. The molecular formula is C18H23NO3S2. The van der Waals surface area contributed by atoms with Gasteiger partial charge in [0.25, 0.3) is 0 Å². The summed E-state index contributed by atoms with van der Waals surface area (Å²) in [4.78, 5) is 26.0. The molecule has 1 amide bonds. The zero-order valence-corrected chi connectivity index (χ0v) is 15.4. The molecule has 1 atom stereocenters. The van der Waals surface area contributed by atoms with Crippen LogP contribution < -0.4 is 0 Å². The van der Waals surface area contributed by atoms with Crippen LogP contribution in [-0.4, -0.2) is 39.4 Å². The van der Waals surface area contributed by atoms with Gasteiger partial charge in [0.15, 0.2) is 0 Å². The first kappa shape index (κ1) is 17.7. The molecule has 1 aromatic rings. The van der Waals surface area contributed by atoms with Crippen molar-refractivity contribution in [2.24, 2.45) is 5.92 Å². The van der Waals surface area contributed by atoms with Crippen molar-refractivity contribution >= 4 is 37.1 Å². The van der Waals surface area contributed by atoms with Crippen LogP contribution in [0.4, 0.5) is 0 Å². The smallest absolute Gasteiger partial charge is 0.326 e. The molecule has 0 saturated heterocycles. The van der Waals surface area contributed by atoms with E-state index < -0.39 is 12.0 Å². The maximum atomic E-state index is 12.7. The number of amides is 1. The van der Waals surface area contributed by atoms with Crippen LogP contribution in [0.25, 0.3) is 0 Å². The molecule has 1 heterocycles.